The molecule has 0 aliphatic carbocycles. The Morgan fingerprint density at radius 1 is 1.10 bits per heavy atom. The van der Waals surface area contributed by atoms with Crippen LogP contribution in [0.25, 0.3) is 5.82 Å². The summed E-state index contributed by atoms with van der Waals surface area (Å²) in [7, 11) is 0. The SMILES string of the molecule is CCNC(=NCc1ccc(-n2ccnc2C)nc1)N1CCN(c2ccccc2O)CC1. The molecule has 0 bridgehead atoms. The number of phenolic OH excluding ortho intramolecular Hbond substituents is 1. The molecule has 0 saturated carbocycles. The van der Waals surface area contributed by atoms with Crippen molar-refractivity contribution < 1.29 is 5.11 Å². The standard InChI is InChI=1S/C23H29N7O/c1-3-24-23(29-14-12-28(13-15-29)20-6-4-5-7-21(20)31)27-17-19-8-9-22(26-16-19)30-11-10-25-18(30)2/h4-11,16,31H,3,12-15,17H2,1-2H3,(H,24,27). The van der Waals surface area contributed by atoms with Gasteiger partial charge >= 0.3 is 0 Å². The minimum absolute atomic E-state index is 0.332. The fourth-order valence-electron chi connectivity index (χ4n) is 3.76. The summed E-state index contributed by atoms with van der Waals surface area (Å²) in [6, 6.07) is 11.6. The molecule has 1 aromatic carbocycles. The molecule has 0 amide bonds. The van der Waals surface area contributed by atoms with Crippen LogP contribution in [0.15, 0.2) is 60.0 Å². The summed E-state index contributed by atoms with van der Waals surface area (Å²) >= 11 is 0. The maximum atomic E-state index is 10.1. The smallest absolute Gasteiger partial charge is 0.194 e. The maximum absolute atomic E-state index is 10.1. The number of piperazine rings is 1. The number of hydrogen-bond acceptors (Lipinski definition) is 5. The highest BCUT2D eigenvalue weighted by Gasteiger charge is 2.21. The van der Waals surface area contributed by atoms with Crippen LogP contribution in [0.5, 0.6) is 5.75 Å². The van der Waals surface area contributed by atoms with Gasteiger partial charge in [0, 0.05) is 51.3 Å². The van der Waals surface area contributed by atoms with Crippen molar-refractivity contribution in [1.29, 1.82) is 0 Å². The summed E-state index contributed by atoms with van der Waals surface area (Å²) in [5, 5.41) is 13.5. The molecule has 0 spiro atoms. The molecule has 0 unspecified atom stereocenters. The first-order chi connectivity index (χ1) is 15.2. The van der Waals surface area contributed by atoms with Crippen LogP contribution >= 0.6 is 0 Å². The number of nitrogens with zero attached hydrogens (tertiary/aromatic N) is 6. The summed E-state index contributed by atoms with van der Waals surface area (Å²) in [6.45, 7) is 8.78. The van der Waals surface area contributed by atoms with E-state index >= 15 is 0 Å². The van der Waals surface area contributed by atoms with Gasteiger partial charge in [-0.2, -0.15) is 0 Å². The molecule has 8 nitrogen and oxygen atoms in total. The fraction of sp³-hybridized carbons (Fsp3) is 0.348. The van der Waals surface area contributed by atoms with E-state index in [2.05, 4.69) is 38.1 Å². The zero-order valence-corrected chi connectivity index (χ0v) is 18.1. The first-order valence-electron chi connectivity index (χ1n) is 10.7. The number of anilines is 1. The number of phenols is 1. The number of hydrogen-bond donors (Lipinski definition) is 2. The topological polar surface area (TPSA) is 81.8 Å². The van der Waals surface area contributed by atoms with Crippen molar-refractivity contribution in [1.82, 2.24) is 24.8 Å². The lowest BCUT2D eigenvalue weighted by atomic mass is 10.2. The number of rotatable bonds is 5. The van der Waals surface area contributed by atoms with Crippen molar-refractivity contribution >= 4 is 11.6 Å². The van der Waals surface area contributed by atoms with Crippen LogP contribution in [0.3, 0.4) is 0 Å². The molecule has 162 valence electrons. The van der Waals surface area contributed by atoms with E-state index in [-0.39, 0.29) is 0 Å². The maximum Gasteiger partial charge on any atom is 0.194 e. The van der Waals surface area contributed by atoms with Crippen molar-refractivity contribution in [3.8, 4) is 11.6 Å². The lowest BCUT2D eigenvalue weighted by Gasteiger charge is -2.37. The van der Waals surface area contributed by atoms with Crippen molar-refractivity contribution in [3.05, 3.63) is 66.4 Å². The molecule has 4 rings (SSSR count). The number of guanidine groups is 1. The quantitative estimate of drug-likeness (QED) is 0.489. The van der Waals surface area contributed by atoms with E-state index < -0.39 is 0 Å². The van der Waals surface area contributed by atoms with E-state index in [1.807, 2.05) is 48.1 Å². The monoisotopic (exact) mass is 419 g/mol. The van der Waals surface area contributed by atoms with Crippen LogP contribution < -0.4 is 10.2 Å². The second kappa shape index (κ2) is 9.51. The van der Waals surface area contributed by atoms with Crippen molar-refractivity contribution in [3.63, 3.8) is 0 Å². The predicted molar refractivity (Wildman–Crippen MR) is 123 cm³/mol. The molecule has 1 fully saturated rings. The molecule has 1 aliphatic rings. The number of benzene rings is 1. The predicted octanol–water partition coefficient (Wildman–Crippen LogP) is 2.57. The van der Waals surface area contributed by atoms with Gasteiger partial charge in [0.05, 0.1) is 12.2 Å². The molecule has 3 heterocycles. The van der Waals surface area contributed by atoms with Crippen LogP contribution in [0.2, 0.25) is 0 Å². The number of imidazole rings is 1. The molecule has 0 atom stereocenters. The molecule has 2 aromatic heterocycles. The van der Waals surface area contributed by atoms with Gasteiger partial charge in [-0.25, -0.2) is 15.0 Å². The summed E-state index contributed by atoms with van der Waals surface area (Å²) in [4.78, 5) is 18.1. The van der Waals surface area contributed by atoms with Crippen LogP contribution in [0.4, 0.5) is 5.69 Å². The second-order valence-electron chi connectivity index (χ2n) is 7.50. The largest absolute Gasteiger partial charge is 0.506 e. The Balaban J connectivity index is 1.40. The van der Waals surface area contributed by atoms with Gasteiger partial charge in [0.1, 0.15) is 17.4 Å². The van der Waals surface area contributed by atoms with Crippen LogP contribution in [0.1, 0.15) is 18.3 Å². The van der Waals surface area contributed by atoms with Crippen molar-refractivity contribution in [2.75, 3.05) is 37.6 Å². The van der Waals surface area contributed by atoms with E-state index in [1.165, 1.54) is 0 Å². The fourth-order valence-corrected chi connectivity index (χ4v) is 3.76. The average molecular weight is 420 g/mol. The highest BCUT2D eigenvalue weighted by molar-refractivity contribution is 5.80. The van der Waals surface area contributed by atoms with Gasteiger partial charge < -0.3 is 20.2 Å². The molecule has 3 aromatic rings. The molecular formula is C23H29N7O. The zero-order chi connectivity index (χ0) is 21.6. The Morgan fingerprint density at radius 3 is 2.55 bits per heavy atom. The summed E-state index contributed by atoms with van der Waals surface area (Å²) in [5.74, 6) is 3.01. The van der Waals surface area contributed by atoms with Gasteiger partial charge in [-0.3, -0.25) is 4.57 Å². The number of aryl methyl sites for hydroxylation is 1. The number of aromatic hydroxyl groups is 1. The Kier molecular flexibility index (Phi) is 6.35. The van der Waals surface area contributed by atoms with Crippen LogP contribution in [-0.4, -0.2) is 63.2 Å². The second-order valence-corrected chi connectivity index (χ2v) is 7.50. The molecule has 2 N–H and O–H groups in total. The van der Waals surface area contributed by atoms with Gasteiger partial charge in [0.15, 0.2) is 5.96 Å². The Morgan fingerprint density at radius 2 is 1.90 bits per heavy atom. The third-order valence-electron chi connectivity index (χ3n) is 5.43. The third kappa shape index (κ3) is 4.79. The number of pyridine rings is 1. The number of aromatic nitrogens is 3. The first-order valence-corrected chi connectivity index (χ1v) is 10.7. The normalized spacial score (nSPS) is 14.7. The Hall–Kier alpha value is -3.55. The van der Waals surface area contributed by atoms with Gasteiger partial charge in [0.25, 0.3) is 0 Å². The van der Waals surface area contributed by atoms with Gasteiger partial charge in [-0.1, -0.05) is 18.2 Å². The van der Waals surface area contributed by atoms with Crippen LogP contribution in [-0.2, 0) is 6.54 Å². The molecule has 0 radical (unpaired) electrons. The van der Waals surface area contributed by atoms with Crippen molar-refractivity contribution in [2.24, 2.45) is 4.99 Å². The lowest BCUT2D eigenvalue weighted by Crippen LogP contribution is -2.52. The minimum Gasteiger partial charge on any atom is -0.506 e. The average Bonchev–Trinajstić information content (AvgIpc) is 3.23. The summed E-state index contributed by atoms with van der Waals surface area (Å²) in [5.41, 5.74) is 1.95. The summed E-state index contributed by atoms with van der Waals surface area (Å²) < 4.78 is 1.96. The highest BCUT2D eigenvalue weighted by atomic mass is 16.3. The van der Waals surface area contributed by atoms with E-state index in [1.54, 1.807) is 12.3 Å². The molecule has 1 aliphatic heterocycles. The summed E-state index contributed by atoms with van der Waals surface area (Å²) in [6.07, 6.45) is 5.56. The van der Waals surface area contributed by atoms with Gasteiger partial charge in [-0.05, 0) is 37.6 Å². The molecule has 31 heavy (non-hydrogen) atoms. The van der Waals surface area contributed by atoms with E-state index in [9.17, 15) is 5.11 Å². The van der Waals surface area contributed by atoms with Gasteiger partial charge in [-0.15, -0.1) is 0 Å². The molecular weight excluding hydrogens is 390 g/mol. The van der Waals surface area contributed by atoms with E-state index in [0.717, 1.165) is 61.6 Å². The molecule has 8 heteroatoms. The van der Waals surface area contributed by atoms with Crippen molar-refractivity contribution in [2.45, 2.75) is 20.4 Å². The first kappa shape index (κ1) is 20.7. The van der Waals surface area contributed by atoms with Gasteiger partial charge in [0.2, 0.25) is 0 Å². The number of nitrogens with one attached hydrogen (secondary N) is 1. The third-order valence-corrected chi connectivity index (χ3v) is 5.43. The van der Waals surface area contributed by atoms with E-state index in [4.69, 9.17) is 4.99 Å². The Bertz CT molecular complexity index is 1020. The number of aliphatic imine (C=N–C) groups is 1. The minimum atomic E-state index is 0.332. The van der Waals surface area contributed by atoms with Crippen LogP contribution in [0, 0.1) is 6.92 Å². The Labute approximate surface area is 182 Å². The lowest BCUT2D eigenvalue weighted by molar-refractivity contribution is 0.369. The van der Waals surface area contributed by atoms with E-state index in [0.29, 0.717) is 12.3 Å². The molecule has 1 saturated heterocycles. The number of para-hydroxylation sites is 2. The highest BCUT2D eigenvalue weighted by Crippen LogP contribution is 2.27. The zero-order valence-electron chi connectivity index (χ0n) is 18.1.